The van der Waals surface area contributed by atoms with Gasteiger partial charge >= 0.3 is 12.0 Å². The van der Waals surface area contributed by atoms with Crippen molar-refractivity contribution in [2.45, 2.75) is 18.5 Å². The van der Waals surface area contributed by atoms with Gasteiger partial charge in [0.1, 0.15) is 0 Å². The van der Waals surface area contributed by atoms with Crippen molar-refractivity contribution in [3.8, 4) is 6.01 Å². The minimum absolute atomic E-state index is 0.0680. The molecule has 0 saturated carbocycles. The average molecular weight is 258 g/mol. The molecular formula is C9H14N4O3S. The van der Waals surface area contributed by atoms with Gasteiger partial charge in [-0.1, -0.05) is 18.7 Å². The van der Waals surface area contributed by atoms with E-state index in [1.165, 1.54) is 7.11 Å². The number of methoxy groups -OCH3 is 1. The zero-order chi connectivity index (χ0) is 12.7. The predicted octanol–water partition coefficient (Wildman–Crippen LogP) is 0.508. The van der Waals surface area contributed by atoms with Gasteiger partial charge in [-0.15, -0.1) is 0 Å². The quantitative estimate of drug-likeness (QED) is 0.581. The molecule has 0 radical (unpaired) electrons. The maximum atomic E-state index is 11.0. The van der Waals surface area contributed by atoms with Crippen LogP contribution in [-0.2, 0) is 9.53 Å². The Morgan fingerprint density at radius 2 is 2.18 bits per heavy atom. The van der Waals surface area contributed by atoms with Crippen LogP contribution < -0.4 is 10.5 Å². The number of esters is 1. The zero-order valence-electron chi connectivity index (χ0n) is 9.67. The molecule has 0 amide bonds. The summed E-state index contributed by atoms with van der Waals surface area (Å²) in [6.07, 6.45) is 0.843. The van der Waals surface area contributed by atoms with Crippen LogP contribution in [0.1, 0.15) is 13.3 Å². The molecule has 0 unspecified atom stereocenters. The number of hydrogen-bond donors (Lipinski definition) is 1. The first kappa shape index (κ1) is 13.5. The largest absolute Gasteiger partial charge is 0.468 e. The molecule has 0 bridgehead atoms. The Hall–Kier alpha value is -1.57. The Labute approximate surface area is 103 Å². The van der Waals surface area contributed by atoms with Gasteiger partial charge in [-0.2, -0.15) is 15.0 Å². The molecule has 1 rings (SSSR count). The van der Waals surface area contributed by atoms with E-state index >= 15 is 0 Å². The van der Waals surface area contributed by atoms with E-state index in [0.717, 1.165) is 18.2 Å². The lowest BCUT2D eigenvalue weighted by atomic mass is 10.5. The molecular weight excluding hydrogens is 244 g/mol. The standard InChI is InChI=1S/C9H14N4O3S/c1-3-4-16-8-11-7(10)12-9(13-8)17-5-6(14)15-2/h3-5H2,1-2H3,(H2,10,11,12,13). The molecule has 0 aliphatic rings. The lowest BCUT2D eigenvalue weighted by molar-refractivity contribution is -0.137. The third kappa shape index (κ3) is 4.85. The molecule has 8 heteroatoms. The lowest BCUT2D eigenvalue weighted by Crippen LogP contribution is -2.07. The second-order valence-corrected chi connectivity index (χ2v) is 3.91. The van der Waals surface area contributed by atoms with Gasteiger partial charge in [0.2, 0.25) is 5.95 Å². The second kappa shape index (κ2) is 6.89. The van der Waals surface area contributed by atoms with Gasteiger partial charge in [-0.05, 0) is 6.42 Å². The molecule has 2 N–H and O–H groups in total. The highest BCUT2D eigenvalue weighted by atomic mass is 32.2. The molecule has 0 atom stereocenters. The van der Waals surface area contributed by atoms with Crippen molar-refractivity contribution in [1.82, 2.24) is 15.0 Å². The minimum atomic E-state index is -0.356. The summed E-state index contributed by atoms with van der Waals surface area (Å²) >= 11 is 1.12. The number of nitrogen functional groups attached to an aromatic ring is 1. The van der Waals surface area contributed by atoms with E-state index in [-0.39, 0.29) is 23.7 Å². The van der Waals surface area contributed by atoms with Gasteiger partial charge in [0.25, 0.3) is 0 Å². The smallest absolute Gasteiger partial charge is 0.322 e. The summed E-state index contributed by atoms with van der Waals surface area (Å²) in [6.45, 7) is 2.47. The van der Waals surface area contributed by atoms with Crippen LogP contribution in [-0.4, -0.2) is 40.4 Å². The Balaban J connectivity index is 2.65. The maximum Gasteiger partial charge on any atom is 0.322 e. The fraction of sp³-hybridized carbons (Fsp3) is 0.556. The predicted molar refractivity (Wildman–Crippen MR) is 62.8 cm³/mol. The summed E-state index contributed by atoms with van der Waals surface area (Å²) in [4.78, 5) is 22.7. The van der Waals surface area contributed by atoms with Gasteiger partial charge in [-0.25, -0.2) is 0 Å². The van der Waals surface area contributed by atoms with Gasteiger partial charge in [-0.3, -0.25) is 4.79 Å². The zero-order valence-corrected chi connectivity index (χ0v) is 10.5. The summed E-state index contributed by atoms with van der Waals surface area (Å²) in [7, 11) is 1.32. The van der Waals surface area contributed by atoms with Crippen LogP contribution >= 0.6 is 11.8 Å². The molecule has 1 aromatic heterocycles. The molecule has 0 spiro atoms. The normalized spacial score (nSPS) is 10.0. The summed E-state index contributed by atoms with van der Waals surface area (Å²) in [5, 5.41) is 0.342. The number of nitrogens with two attached hydrogens (primary N) is 1. The first-order valence-corrected chi connectivity index (χ1v) is 5.98. The number of carbonyl (C=O) groups excluding carboxylic acids is 1. The number of nitrogens with zero attached hydrogens (tertiary/aromatic N) is 3. The molecule has 1 heterocycles. The molecule has 0 aliphatic carbocycles. The molecule has 17 heavy (non-hydrogen) atoms. The number of thioether (sulfide) groups is 1. The third-order valence-corrected chi connectivity index (χ3v) is 2.41. The summed E-state index contributed by atoms with van der Waals surface area (Å²) in [5.41, 5.74) is 5.50. The average Bonchev–Trinajstić information content (AvgIpc) is 2.32. The number of carbonyl (C=O) groups is 1. The molecule has 0 aliphatic heterocycles. The van der Waals surface area contributed by atoms with Crippen molar-refractivity contribution < 1.29 is 14.3 Å². The van der Waals surface area contributed by atoms with Crippen molar-refractivity contribution >= 4 is 23.7 Å². The van der Waals surface area contributed by atoms with Crippen molar-refractivity contribution in [3.63, 3.8) is 0 Å². The molecule has 7 nitrogen and oxygen atoms in total. The van der Waals surface area contributed by atoms with Crippen LogP contribution in [0.2, 0.25) is 0 Å². The molecule has 0 aromatic carbocycles. The summed E-state index contributed by atoms with van der Waals surface area (Å²) in [5.74, 6) is -0.170. The second-order valence-electron chi connectivity index (χ2n) is 2.97. The van der Waals surface area contributed by atoms with Crippen LogP contribution in [0.3, 0.4) is 0 Å². The molecule has 0 fully saturated rings. The van der Waals surface area contributed by atoms with Crippen LogP contribution in [0.4, 0.5) is 5.95 Å². The van der Waals surface area contributed by atoms with Gasteiger partial charge in [0.05, 0.1) is 19.5 Å². The Bertz CT molecular complexity index is 389. The first-order valence-electron chi connectivity index (χ1n) is 4.99. The first-order chi connectivity index (χ1) is 8.15. The molecule has 94 valence electrons. The third-order valence-electron chi connectivity index (χ3n) is 1.59. The molecule has 1 aromatic rings. The number of hydrogen-bond acceptors (Lipinski definition) is 8. The maximum absolute atomic E-state index is 11.0. The minimum Gasteiger partial charge on any atom is -0.468 e. The van der Waals surface area contributed by atoms with E-state index in [2.05, 4.69) is 19.7 Å². The fourth-order valence-electron chi connectivity index (χ4n) is 0.858. The SMILES string of the molecule is CCCOc1nc(N)nc(SCC(=O)OC)n1. The monoisotopic (exact) mass is 258 g/mol. The lowest BCUT2D eigenvalue weighted by Gasteiger charge is -2.04. The highest BCUT2D eigenvalue weighted by Gasteiger charge is 2.08. The summed E-state index contributed by atoms with van der Waals surface area (Å²) in [6, 6.07) is 0.173. The highest BCUT2D eigenvalue weighted by Crippen LogP contribution is 2.16. The number of anilines is 1. The van der Waals surface area contributed by atoms with Crippen molar-refractivity contribution in [2.75, 3.05) is 25.2 Å². The van der Waals surface area contributed by atoms with E-state index in [0.29, 0.717) is 11.8 Å². The van der Waals surface area contributed by atoms with Crippen LogP contribution in [0.15, 0.2) is 5.16 Å². The highest BCUT2D eigenvalue weighted by molar-refractivity contribution is 7.99. The van der Waals surface area contributed by atoms with Crippen LogP contribution in [0, 0.1) is 0 Å². The number of ether oxygens (including phenoxy) is 2. The Morgan fingerprint density at radius 3 is 2.82 bits per heavy atom. The van der Waals surface area contributed by atoms with Gasteiger partial charge in [0, 0.05) is 0 Å². The summed E-state index contributed by atoms with van der Waals surface area (Å²) < 4.78 is 9.74. The fourth-order valence-corrected chi connectivity index (χ4v) is 1.52. The number of aromatic nitrogens is 3. The van der Waals surface area contributed by atoms with Crippen molar-refractivity contribution in [1.29, 1.82) is 0 Å². The van der Waals surface area contributed by atoms with Crippen LogP contribution in [0.25, 0.3) is 0 Å². The van der Waals surface area contributed by atoms with Gasteiger partial charge in [0.15, 0.2) is 5.16 Å². The van der Waals surface area contributed by atoms with E-state index in [1.54, 1.807) is 0 Å². The van der Waals surface area contributed by atoms with E-state index in [9.17, 15) is 4.79 Å². The number of rotatable bonds is 6. The van der Waals surface area contributed by atoms with Crippen molar-refractivity contribution in [3.05, 3.63) is 0 Å². The Morgan fingerprint density at radius 1 is 1.41 bits per heavy atom. The van der Waals surface area contributed by atoms with E-state index in [1.807, 2.05) is 6.92 Å². The topological polar surface area (TPSA) is 100 Å². The molecule has 0 saturated heterocycles. The van der Waals surface area contributed by atoms with Gasteiger partial charge < -0.3 is 15.2 Å². The van der Waals surface area contributed by atoms with Crippen molar-refractivity contribution in [2.24, 2.45) is 0 Å². The Kier molecular flexibility index (Phi) is 5.47. The van der Waals surface area contributed by atoms with E-state index < -0.39 is 0 Å². The van der Waals surface area contributed by atoms with Crippen LogP contribution in [0.5, 0.6) is 6.01 Å². The van der Waals surface area contributed by atoms with E-state index in [4.69, 9.17) is 10.5 Å².